The Labute approximate surface area is 115 Å². The number of ether oxygens (including phenoxy) is 1. The van der Waals surface area contributed by atoms with E-state index in [1.54, 1.807) is 20.8 Å². The fourth-order valence-corrected chi connectivity index (χ4v) is 1.34. The lowest BCUT2D eigenvalue weighted by Gasteiger charge is -2.19. The SMILES string of the molecule is CC(C)(C)OC(=O)Nc1cc(N=[N+]=[N-])cc(C(=O)O)c1. The summed E-state index contributed by atoms with van der Waals surface area (Å²) in [5.74, 6) is -1.20. The van der Waals surface area contributed by atoms with Crippen molar-refractivity contribution in [1.29, 1.82) is 0 Å². The minimum atomic E-state index is -1.20. The highest BCUT2D eigenvalue weighted by atomic mass is 16.6. The molecule has 0 bridgehead atoms. The van der Waals surface area contributed by atoms with Crippen molar-refractivity contribution in [3.8, 4) is 0 Å². The van der Waals surface area contributed by atoms with Crippen molar-refractivity contribution in [2.75, 3.05) is 5.32 Å². The Kier molecular flexibility index (Phi) is 4.55. The van der Waals surface area contributed by atoms with Crippen LogP contribution in [0.1, 0.15) is 31.1 Å². The van der Waals surface area contributed by atoms with Crippen LogP contribution in [0, 0.1) is 0 Å². The second kappa shape index (κ2) is 5.94. The number of hydrogen-bond acceptors (Lipinski definition) is 4. The van der Waals surface area contributed by atoms with Gasteiger partial charge in [0, 0.05) is 16.3 Å². The summed E-state index contributed by atoms with van der Waals surface area (Å²) in [5, 5.41) is 14.6. The Morgan fingerprint density at radius 2 is 2.00 bits per heavy atom. The van der Waals surface area contributed by atoms with Crippen molar-refractivity contribution in [3.63, 3.8) is 0 Å². The van der Waals surface area contributed by atoms with Crippen LogP contribution in [0.4, 0.5) is 16.2 Å². The Balaban J connectivity index is 3.02. The molecule has 0 atom stereocenters. The molecule has 1 rings (SSSR count). The number of nitrogens with one attached hydrogen (secondary N) is 1. The van der Waals surface area contributed by atoms with Crippen molar-refractivity contribution in [2.45, 2.75) is 26.4 Å². The number of hydrogen-bond donors (Lipinski definition) is 2. The molecule has 1 amide bonds. The van der Waals surface area contributed by atoms with Gasteiger partial charge in [-0.3, -0.25) is 5.32 Å². The zero-order chi connectivity index (χ0) is 15.3. The predicted octanol–water partition coefficient (Wildman–Crippen LogP) is 3.67. The number of anilines is 1. The normalized spacial score (nSPS) is 10.3. The average molecular weight is 278 g/mol. The fraction of sp³-hybridized carbons (Fsp3) is 0.333. The third-order valence-electron chi connectivity index (χ3n) is 1.97. The van der Waals surface area contributed by atoms with Crippen LogP contribution in [0.3, 0.4) is 0 Å². The van der Waals surface area contributed by atoms with Gasteiger partial charge in [0.05, 0.1) is 5.56 Å². The smallest absolute Gasteiger partial charge is 0.412 e. The second-order valence-electron chi connectivity index (χ2n) is 4.89. The highest BCUT2D eigenvalue weighted by Crippen LogP contribution is 2.22. The third-order valence-corrected chi connectivity index (χ3v) is 1.97. The molecule has 0 aliphatic carbocycles. The lowest BCUT2D eigenvalue weighted by Crippen LogP contribution is -2.27. The molecule has 0 aliphatic rings. The number of aromatic carboxylic acids is 1. The topological polar surface area (TPSA) is 124 Å². The molecule has 106 valence electrons. The van der Waals surface area contributed by atoms with Crippen LogP contribution < -0.4 is 5.32 Å². The van der Waals surface area contributed by atoms with Crippen LogP contribution in [-0.4, -0.2) is 22.8 Å². The number of rotatable bonds is 3. The highest BCUT2D eigenvalue weighted by molar-refractivity contribution is 5.93. The minimum Gasteiger partial charge on any atom is -0.478 e. The molecule has 20 heavy (non-hydrogen) atoms. The first kappa shape index (κ1) is 15.3. The minimum absolute atomic E-state index is 0.0819. The number of carbonyl (C=O) groups is 2. The largest absolute Gasteiger partial charge is 0.478 e. The number of azide groups is 1. The standard InChI is InChI=1S/C12H14N4O4/c1-12(2,3)20-11(19)14-8-4-7(10(17)18)5-9(6-8)15-16-13/h4-6H,1-3H3,(H,14,19)(H,17,18). The first-order chi connectivity index (χ1) is 9.21. The molecule has 8 heteroatoms. The van der Waals surface area contributed by atoms with Crippen molar-refractivity contribution < 1.29 is 19.4 Å². The first-order valence-electron chi connectivity index (χ1n) is 5.65. The number of carboxylic acids is 1. The molecular formula is C12H14N4O4. The molecule has 0 unspecified atom stereocenters. The number of benzene rings is 1. The monoisotopic (exact) mass is 278 g/mol. The summed E-state index contributed by atoms with van der Waals surface area (Å²) in [6, 6.07) is 3.78. The maximum Gasteiger partial charge on any atom is 0.412 e. The maximum atomic E-state index is 11.6. The van der Waals surface area contributed by atoms with Gasteiger partial charge in [-0.25, -0.2) is 9.59 Å². The Morgan fingerprint density at radius 1 is 1.35 bits per heavy atom. The summed E-state index contributed by atoms with van der Waals surface area (Å²) < 4.78 is 5.04. The molecule has 0 aromatic heterocycles. The molecule has 0 fully saturated rings. The Hall–Kier alpha value is -2.73. The van der Waals surface area contributed by atoms with Crippen LogP contribution in [0.5, 0.6) is 0 Å². The van der Waals surface area contributed by atoms with E-state index in [9.17, 15) is 9.59 Å². The zero-order valence-electron chi connectivity index (χ0n) is 11.2. The van der Waals surface area contributed by atoms with Crippen LogP contribution in [0.2, 0.25) is 0 Å². The van der Waals surface area contributed by atoms with Gasteiger partial charge in [-0.1, -0.05) is 5.11 Å². The van der Waals surface area contributed by atoms with Crippen molar-refractivity contribution in [3.05, 3.63) is 34.2 Å². The fourth-order valence-electron chi connectivity index (χ4n) is 1.34. The van der Waals surface area contributed by atoms with E-state index < -0.39 is 17.7 Å². The number of carboxylic acid groups (broad SMARTS) is 1. The number of amides is 1. The molecule has 0 saturated heterocycles. The van der Waals surface area contributed by atoms with Crippen LogP contribution in [0.25, 0.3) is 10.4 Å². The molecule has 0 spiro atoms. The van der Waals surface area contributed by atoms with Gasteiger partial charge in [0.2, 0.25) is 0 Å². The number of carbonyl (C=O) groups excluding carboxylic acids is 1. The van der Waals surface area contributed by atoms with E-state index in [0.29, 0.717) is 0 Å². The molecule has 0 aliphatic heterocycles. The van der Waals surface area contributed by atoms with Crippen molar-refractivity contribution >= 4 is 23.4 Å². The molecule has 0 heterocycles. The van der Waals surface area contributed by atoms with Gasteiger partial charge in [0.15, 0.2) is 0 Å². The van der Waals surface area contributed by atoms with Crippen molar-refractivity contribution in [1.82, 2.24) is 0 Å². The van der Waals surface area contributed by atoms with E-state index in [1.807, 2.05) is 0 Å². The Bertz CT molecular complexity index is 565. The van der Waals surface area contributed by atoms with Crippen molar-refractivity contribution in [2.24, 2.45) is 5.11 Å². The lowest BCUT2D eigenvalue weighted by atomic mass is 10.2. The van der Waals surface area contributed by atoms with E-state index in [-0.39, 0.29) is 16.9 Å². The molecule has 1 aromatic carbocycles. The molecule has 0 saturated carbocycles. The average Bonchev–Trinajstić information content (AvgIpc) is 2.26. The van der Waals surface area contributed by atoms with Gasteiger partial charge in [-0.2, -0.15) is 0 Å². The predicted molar refractivity (Wildman–Crippen MR) is 72.1 cm³/mol. The Morgan fingerprint density at radius 3 is 2.50 bits per heavy atom. The van der Waals surface area contributed by atoms with Gasteiger partial charge in [0.1, 0.15) is 5.60 Å². The number of nitrogens with zero attached hydrogens (tertiary/aromatic N) is 3. The summed E-state index contributed by atoms with van der Waals surface area (Å²) >= 11 is 0. The second-order valence-corrected chi connectivity index (χ2v) is 4.89. The summed E-state index contributed by atoms with van der Waals surface area (Å²) in [5.41, 5.74) is 7.84. The molecular weight excluding hydrogens is 264 g/mol. The lowest BCUT2D eigenvalue weighted by molar-refractivity contribution is 0.0633. The molecule has 0 radical (unpaired) electrons. The highest BCUT2D eigenvalue weighted by Gasteiger charge is 2.17. The summed E-state index contributed by atoms with van der Waals surface area (Å²) in [7, 11) is 0. The van der Waals surface area contributed by atoms with E-state index in [0.717, 1.165) is 0 Å². The maximum absolute atomic E-state index is 11.6. The van der Waals surface area contributed by atoms with Gasteiger partial charge >= 0.3 is 12.1 Å². The van der Waals surface area contributed by atoms with Gasteiger partial charge < -0.3 is 9.84 Å². The van der Waals surface area contributed by atoms with Crippen LogP contribution in [0.15, 0.2) is 23.3 Å². The zero-order valence-corrected chi connectivity index (χ0v) is 11.2. The molecule has 2 N–H and O–H groups in total. The van der Waals surface area contributed by atoms with Crippen LogP contribution in [-0.2, 0) is 4.74 Å². The van der Waals surface area contributed by atoms with Gasteiger partial charge in [-0.05, 0) is 44.5 Å². The van der Waals surface area contributed by atoms with E-state index >= 15 is 0 Å². The van der Waals surface area contributed by atoms with Gasteiger partial charge in [-0.15, -0.1) is 0 Å². The quantitative estimate of drug-likeness (QED) is 0.497. The van der Waals surface area contributed by atoms with Crippen LogP contribution >= 0.6 is 0 Å². The first-order valence-corrected chi connectivity index (χ1v) is 5.65. The third kappa shape index (κ3) is 4.87. The van der Waals surface area contributed by atoms with E-state index in [2.05, 4.69) is 15.3 Å². The molecule has 8 nitrogen and oxygen atoms in total. The van der Waals surface area contributed by atoms with E-state index in [4.69, 9.17) is 15.4 Å². The van der Waals surface area contributed by atoms with E-state index in [1.165, 1.54) is 18.2 Å². The summed E-state index contributed by atoms with van der Waals surface area (Å²) in [6.45, 7) is 5.10. The molecule has 1 aromatic rings. The summed E-state index contributed by atoms with van der Waals surface area (Å²) in [4.78, 5) is 25.1. The van der Waals surface area contributed by atoms with Gasteiger partial charge in [0.25, 0.3) is 0 Å². The summed E-state index contributed by atoms with van der Waals surface area (Å²) in [6.07, 6.45) is -0.730.